The van der Waals surface area contributed by atoms with Crippen LogP contribution in [0.5, 0.6) is 0 Å². The average molecular weight is 308 g/mol. The van der Waals surface area contributed by atoms with Crippen molar-refractivity contribution < 1.29 is 8.42 Å². The molecule has 116 valence electrons. The molecule has 0 N–H and O–H groups in total. The average Bonchev–Trinajstić information content (AvgIpc) is 2.32. The van der Waals surface area contributed by atoms with Crippen molar-refractivity contribution in [3.63, 3.8) is 0 Å². The van der Waals surface area contributed by atoms with Crippen molar-refractivity contribution in [2.45, 2.75) is 45.9 Å². The van der Waals surface area contributed by atoms with Crippen LogP contribution in [0.1, 0.15) is 38.3 Å². The molecule has 1 aromatic rings. The first-order valence-electron chi connectivity index (χ1n) is 7.02. The Morgan fingerprint density at radius 2 is 1.86 bits per heavy atom. The molecule has 1 rings (SSSR count). The molecule has 0 aliphatic carbocycles. The molecule has 0 atom stereocenters. The van der Waals surface area contributed by atoms with Gasteiger partial charge in [0.05, 0.1) is 11.0 Å². The molecule has 0 radical (unpaired) electrons. The molecular formula is C16H24N2O2S. The van der Waals surface area contributed by atoms with Crippen molar-refractivity contribution in [3.8, 4) is 6.07 Å². The molecule has 0 saturated heterocycles. The number of rotatable bonds is 5. The minimum atomic E-state index is -3.57. The first-order chi connectivity index (χ1) is 9.58. The highest BCUT2D eigenvalue weighted by molar-refractivity contribution is 7.89. The van der Waals surface area contributed by atoms with Crippen molar-refractivity contribution in [1.82, 2.24) is 4.31 Å². The van der Waals surface area contributed by atoms with E-state index in [0.717, 1.165) is 11.1 Å². The van der Waals surface area contributed by atoms with Gasteiger partial charge in [-0.05, 0) is 30.9 Å². The summed E-state index contributed by atoms with van der Waals surface area (Å²) in [5, 5.41) is 8.77. The normalized spacial score (nSPS) is 12.4. The van der Waals surface area contributed by atoms with E-state index in [1.54, 1.807) is 19.1 Å². The van der Waals surface area contributed by atoms with Crippen LogP contribution in [0.25, 0.3) is 0 Å². The van der Waals surface area contributed by atoms with E-state index in [-0.39, 0.29) is 18.4 Å². The summed E-state index contributed by atoms with van der Waals surface area (Å²) in [5.41, 5.74) is 1.61. The summed E-state index contributed by atoms with van der Waals surface area (Å²) in [7, 11) is -3.57. The lowest BCUT2D eigenvalue weighted by Crippen LogP contribution is -2.38. The van der Waals surface area contributed by atoms with Crippen LogP contribution < -0.4 is 0 Å². The van der Waals surface area contributed by atoms with Gasteiger partial charge in [-0.15, -0.1) is 0 Å². The summed E-state index contributed by atoms with van der Waals surface area (Å²) in [6.07, 6.45) is 0.195. The zero-order valence-electron chi connectivity index (χ0n) is 13.5. The fourth-order valence-electron chi connectivity index (χ4n) is 2.22. The number of hydrogen-bond donors (Lipinski definition) is 0. The minimum absolute atomic E-state index is 0.166. The zero-order valence-corrected chi connectivity index (χ0v) is 14.3. The number of benzene rings is 1. The van der Waals surface area contributed by atoms with Gasteiger partial charge in [-0.25, -0.2) is 8.42 Å². The van der Waals surface area contributed by atoms with Gasteiger partial charge in [-0.3, -0.25) is 0 Å². The van der Waals surface area contributed by atoms with Crippen molar-refractivity contribution in [1.29, 1.82) is 5.26 Å². The van der Waals surface area contributed by atoms with E-state index in [9.17, 15) is 8.42 Å². The smallest absolute Gasteiger partial charge is 0.207 e. The van der Waals surface area contributed by atoms with E-state index >= 15 is 0 Å². The molecule has 0 aliphatic rings. The zero-order chi connectivity index (χ0) is 16.3. The topological polar surface area (TPSA) is 61.2 Å². The fourth-order valence-corrected chi connectivity index (χ4v) is 4.09. The highest BCUT2D eigenvalue weighted by Crippen LogP contribution is 2.25. The second-order valence-corrected chi connectivity index (χ2v) is 8.48. The Balaban J connectivity index is 3.23. The Hall–Kier alpha value is -1.38. The van der Waals surface area contributed by atoms with Gasteiger partial charge in [0.15, 0.2) is 0 Å². The summed E-state index contributed by atoms with van der Waals surface area (Å²) in [6, 6.07) is 7.35. The van der Waals surface area contributed by atoms with E-state index in [0.29, 0.717) is 11.4 Å². The maximum atomic E-state index is 12.9. The van der Waals surface area contributed by atoms with Crippen LogP contribution in [0.15, 0.2) is 23.1 Å². The Kier molecular flexibility index (Phi) is 5.54. The van der Waals surface area contributed by atoms with Gasteiger partial charge in [-0.1, -0.05) is 38.5 Å². The van der Waals surface area contributed by atoms with Crippen molar-refractivity contribution in [2.75, 3.05) is 13.1 Å². The van der Waals surface area contributed by atoms with Crippen molar-refractivity contribution >= 4 is 10.0 Å². The number of hydrogen-bond acceptors (Lipinski definition) is 3. The monoisotopic (exact) mass is 308 g/mol. The maximum Gasteiger partial charge on any atom is 0.243 e. The molecule has 0 aromatic heterocycles. The maximum absolute atomic E-state index is 12.9. The molecule has 0 unspecified atom stereocenters. The molecule has 1 aromatic carbocycles. The van der Waals surface area contributed by atoms with Crippen LogP contribution >= 0.6 is 0 Å². The van der Waals surface area contributed by atoms with E-state index in [2.05, 4.69) is 0 Å². The predicted molar refractivity (Wildman–Crippen MR) is 84.4 cm³/mol. The Morgan fingerprint density at radius 1 is 1.24 bits per heavy atom. The summed E-state index contributed by atoms with van der Waals surface area (Å²) >= 11 is 0. The van der Waals surface area contributed by atoms with Gasteiger partial charge in [-0.2, -0.15) is 9.57 Å². The quantitative estimate of drug-likeness (QED) is 0.839. The van der Waals surface area contributed by atoms with Gasteiger partial charge < -0.3 is 0 Å². The molecule has 0 fully saturated rings. The Morgan fingerprint density at radius 3 is 2.33 bits per heavy atom. The predicted octanol–water partition coefficient (Wildman–Crippen LogP) is 3.25. The number of nitriles is 1. The second kappa shape index (κ2) is 6.59. The van der Waals surface area contributed by atoms with Crippen LogP contribution in [0.2, 0.25) is 0 Å². The third-order valence-corrected chi connectivity index (χ3v) is 5.08. The third-order valence-electron chi connectivity index (χ3n) is 3.07. The van der Waals surface area contributed by atoms with Crippen LogP contribution in [-0.4, -0.2) is 25.8 Å². The van der Waals surface area contributed by atoms with E-state index in [1.807, 2.05) is 39.8 Å². The van der Waals surface area contributed by atoms with Gasteiger partial charge in [0.2, 0.25) is 10.0 Å². The van der Waals surface area contributed by atoms with E-state index in [1.165, 1.54) is 4.31 Å². The van der Waals surface area contributed by atoms with Crippen molar-refractivity contribution in [3.05, 3.63) is 29.3 Å². The largest absolute Gasteiger partial charge is 0.243 e. The SMILES string of the molecule is Cc1ccc(S(=O)(=O)N(CCC#N)CC(C)(C)C)c(C)c1. The molecule has 21 heavy (non-hydrogen) atoms. The van der Waals surface area contributed by atoms with Crippen LogP contribution in [0.3, 0.4) is 0 Å². The van der Waals surface area contributed by atoms with E-state index < -0.39 is 10.0 Å². The number of nitrogens with zero attached hydrogens (tertiary/aromatic N) is 2. The molecule has 0 aliphatic heterocycles. The molecule has 0 saturated carbocycles. The van der Waals surface area contributed by atoms with Gasteiger partial charge >= 0.3 is 0 Å². The van der Waals surface area contributed by atoms with Gasteiger partial charge in [0.25, 0.3) is 0 Å². The molecule has 0 spiro atoms. The van der Waals surface area contributed by atoms with Crippen LogP contribution in [-0.2, 0) is 10.0 Å². The lowest BCUT2D eigenvalue weighted by Gasteiger charge is -2.29. The fraction of sp³-hybridized carbons (Fsp3) is 0.562. The molecule has 0 heterocycles. The Bertz CT molecular complexity index is 637. The Labute approximate surface area is 128 Å². The number of sulfonamides is 1. The first kappa shape index (κ1) is 17.7. The molecular weight excluding hydrogens is 284 g/mol. The molecule has 4 nitrogen and oxygen atoms in total. The lowest BCUT2D eigenvalue weighted by atomic mass is 9.97. The van der Waals surface area contributed by atoms with Gasteiger partial charge in [0, 0.05) is 19.5 Å². The summed E-state index contributed by atoms with van der Waals surface area (Å²) in [4.78, 5) is 0.329. The van der Waals surface area contributed by atoms with E-state index in [4.69, 9.17) is 5.26 Å². The highest BCUT2D eigenvalue weighted by atomic mass is 32.2. The van der Waals surface area contributed by atoms with Gasteiger partial charge in [0.1, 0.15) is 0 Å². The van der Waals surface area contributed by atoms with Crippen molar-refractivity contribution in [2.24, 2.45) is 5.41 Å². The standard InChI is InChI=1S/C16H24N2O2S/c1-13-7-8-15(14(2)11-13)21(19,20)18(10-6-9-17)12-16(3,4)5/h7-8,11H,6,10,12H2,1-5H3. The first-order valence-corrected chi connectivity index (χ1v) is 8.46. The number of aryl methyl sites for hydroxylation is 2. The highest BCUT2D eigenvalue weighted by Gasteiger charge is 2.29. The molecule has 5 heteroatoms. The van der Waals surface area contributed by atoms with Crippen LogP contribution in [0.4, 0.5) is 0 Å². The molecule has 0 bridgehead atoms. The second-order valence-electron chi connectivity index (χ2n) is 6.58. The summed E-state index contributed by atoms with van der Waals surface area (Å²) in [5.74, 6) is 0. The van der Waals surface area contributed by atoms with Crippen LogP contribution in [0, 0.1) is 30.6 Å². The third kappa shape index (κ3) is 4.83. The molecule has 0 amide bonds. The summed E-state index contributed by atoms with van der Waals surface area (Å²) in [6.45, 7) is 10.3. The summed E-state index contributed by atoms with van der Waals surface area (Å²) < 4.78 is 27.2. The lowest BCUT2D eigenvalue weighted by molar-refractivity contribution is 0.284. The minimum Gasteiger partial charge on any atom is -0.207 e.